The topological polar surface area (TPSA) is 51.9 Å². The Hall–Kier alpha value is -2.69. The van der Waals surface area contributed by atoms with Crippen LogP contribution >= 0.6 is 0 Å². The molecule has 0 N–H and O–H groups in total. The molecule has 1 aromatic carbocycles. The number of benzene rings is 1. The molecule has 2 rings (SSSR count). The van der Waals surface area contributed by atoms with E-state index in [1.54, 1.807) is 31.4 Å². The maximum Gasteiger partial charge on any atom is 0.246 e. The van der Waals surface area contributed by atoms with Crippen molar-refractivity contribution in [3.05, 3.63) is 60.6 Å². The molecule has 0 saturated heterocycles. The van der Waals surface area contributed by atoms with Crippen LogP contribution in [0, 0.1) is 0 Å². The van der Waals surface area contributed by atoms with E-state index in [0.717, 1.165) is 11.3 Å². The van der Waals surface area contributed by atoms with Crippen molar-refractivity contribution in [3.63, 3.8) is 0 Å². The molecule has 2 aromatic rings. The summed E-state index contributed by atoms with van der Waals surface area (Å²) in [5.74, 6) is 2.11. The number of ether oxygens (including phenoxy) is 2. The van der Waals surface area contributed by atoms with Crippen LogP contribution in [0.5, 0.6) is 11.5 Å². The standard InChI is InChI=1S/C18H21NO4/c1-4-18(20)19(10-9-15-6-5-11-23-15)13-14-7-8-16(21-2)12-17(14)22-3/h4-8,11-12H,1,9-10,13H2,2-3H3. The minimum atomic E-state index is -0.130. The van der Waals surface area contributed by atoms with Crippen molar-refractivity contribution < 1.29 is 18.7 Å². The van der Waals surface area contributed by atoms with Gasteiger partial charge < -0.3 is 18.8 Å². The highest BCUT2D eigenvalue weighted by Gasteiger charge is 2.15. The van der Waals surface area contributed by atoms with Crippen LogP contribution in [-0.4, -0.2) is 31.6 Å². The number of methoxy groups -OCH3 is 2. The summed E-state index contributed by atoms with van der Waals surface area (Å²) in [5.41, 5.74) is 0.906. The Morgan fingerprint density at radius 1 is 1.30 bits per heavy atom. The van der Waals surface area contributed by atoms with Gasteiger partial charge in [0.2, 0.25) is 5.91 Å². The predicted molar refractivity (Wildman–Crippen MR) is 87.6 cm³/mol. The van der Waals surface area contributed by atoms with E-state index < -0.39 is 0 Å². The predicted octanol–water partition coefficient (Wildman–Crippen LogP) is 3.05. The average molecular weight is 315 g/mol. The lowest BCUT2D eigenvalue weighted by Gasteiger charge is -2.22. The lowest BCUT2D eigenvalue weighted by Crippen LogP contribution is -2.31. The number of rotatable bonds is 8. The Kier molecular flexibility index (Phi) is 5.86. The number of amides is 1. The van der Waals surface area contributed by atoms with Crippen LogP contribution in [0.3, 0.4) is 0 Å². The van der Waals surface area contributed by atoms with Gasteiger partial charge in [-0.1, -0.05) is 6.58 Å². The van der Waals surface area contributed by atoms with Gasteiger partial charge in [0.1, 0.15) is 17.3 Å². The Morgan fingerprint density at radius 2 is 2.13 bits per heavy atom. The van der Waals surface area contributed by atoms with Gasteiger partial charge in [-0.05, 0) is 30.3 Å². The van der Waals surface area contributed by atoms with Crippen LogP contribution in [0.2, 0.25) is 0 Å². The second-order valence-electron chi connectivity index (χ2n) is 4.97. The highest BCUT2D eigenvalue weighted by atomic mass is 16.5. The van der Waals surface area contributed by atoms with E-state index in [1.807, 2.05) is 24.3 Å². The largest absolute Gasteiger partial charge is 0.497 e. The molecule has 1 aromatic heterocycles. The Bertz CT molecular complexity index is 649. The van der Waals surface area contributed by atoms with Crippen LogP contribution in [0.1, 0.15) is 11.3 Å². The highest BCUT2D eigenvalue weighted by molar-refractivity contribution is 5.87. The van der Waals surface area contributed by atoms with Crippen LogP contribution in [0.15, 0.2) is 53.7 Å². The summed E-state index contributed by atoms with van der Waals surface area (Å²) in [5, 5.41) is 0. The van der Waals surface area contributed by atoms with Gasteiger partial charge in [0, 0.05) is 31.1 Å². The molecular weight excluding hydrogens is 294 g/mol. The molecule has 1 heterocycles. The van der Waals surface area contributed by atoms with Crippen molar-refractivity contribution in [2.24, 2.45) is 0 Å². The SMILES string of the molecule is C=CC(=O)N(CCc1ccco1)Cc1ccc(OC)cc1OC. The van der Waals surface area contributed by atoms with Gasteiger partial charge in [-0.25, -0.2) is 0 Å². The molecule has 0 radical (unpaired) electrons. The van der Waals surface area contributed by atoms with Gasteiger partial charge in [0.25, 0.3) is 0 Å². The van der Waals surface area contributed by atoms with Crippen LogP contribution in [0.4, 0.5) is 0 Å². The number of carbonyl (C=O) groups is 1. The molecule has 0 aliphatic carbocycles. The molecule has 0 saturated carbocycles. The monoisotopic (exact) mass is 315 g/mol. The minimum absolute atomic E-state index is 0.130. The van der Waals surface area contributed by atoms with E-state index >= 15 is 0 Å². The Morgan fingerprint density at radius 3 is 2.74 bits per heavy atom. The highest BCUT2D eigenvalue weighted by Crippen LogP contribution is 2.26. The van der Waals surface area contributed by atoms with Gasteiger partial charge in [-0.3, -0.25) is 4.79 Å². The molecule has 0 bridgehead atoms. The number of carbonyl (C=O) groups excluding carboxylic acids is 1. The average Bonchev–Trinajstić information content (AvgIpc) is 3.11. The molecule has 0 unspecified atom stereocenters. The van der Waals surface area contributed by atoms with E-state index in [1.165, 1.54) is 6.08 Å². The molecule has 0 aliphatic heterocycles. The van der Waals surface area contributed by atoms with E-state index in [-0.39, 0.29) is 5.91 Å². The molecule has 0 fully saturated rings. The fourth-order valence-corrected chi connectivity index (χ4v) is 2.28. The first-order chi connectivity index (χ1) is 11.2. The number of hydrogen-bond donors (Lipinski definition) is 0. The molecular formula is C18H21NO4. The van der Waals surface area contributed by atoms with Gasteiger partial charge >= 0.3 is 0 Å². The molecule has 5 heteroatoms. The summed E-state index contributed by atoms with van der Waals surface area (Å²) in [7, 11) is 3.20. The van der Waals surface area contributed by atoms with Gasteiger partial charge in [-0.2, -0.15) is 0 Å². The lowest BCUT2D eigenvalue weighted by molar-refractivity contribution is -0.126. The van der Waals surface area contributed by atoms with Gasteiger partial charge in [0.05, 0.1) is 20.5 Å². The second-order valence-corrected chi connectivity index (χ2v) is 4.97. The fourth-order valence-electron chi connectivity index (χ4n) is 2.28. The number of hydrogen-bond acceptors (Lipinski definition) is 4. The van der Waals surface area contributed by atoms with E-state index in [0.29, 0.717) is 31.0 Å². The summed E-state index contributed by atoms with van der Waals surface area (Å²) in [4.78, 5) is 13.8. The summed E-state index contributed by atoms with van der Waals surface area (Å²) in [6.07, 6.45) is 3.59. The van der Waals surface area contributed by atoms with Crippen molar-refractivity contribution in [2.45, 2.75) is 13.0 Å². The molecule has 0 spiro atoms. The Labute approximate surface area is 136 Å². The molecule has 23 heavy (non-hydrogen) atoms. The second kappa shape index (κ2) is 8.08. The molecule has 0 aliphatic rings. The van der Waals surface area contributed by atoms with Gasteiger partial charge in [0.15, 0.2) is 0 Å². The third kappa shape index (κ3) is 4.39. The smallest absolute Gasteiger partial charge is 0.246 e. The Balaban J connectivity index is 2.13. The van der Waals surface area contributed by atoms with E-state index in [4.69, 9.17) is 13.9 Å². The van der Waals surface area contributed by atoms with Crippen molar-refractivity contribution in [1.29, 1.82) is 0 Å². The molecule has 1 amide bonds. The van der Waals surface area contributed by atoms with Crippen molar-refractivity contribution in [1.82, 2.24) is 4.90 Å². The maximum atomic E-state index is 12.1. The first-order valence-corrected chi connectivity index (χ1v) is 7.32. The third-order valence-electron chi connectivity index (χ3n) is 3.55. The van der Waals surface area contributed by atoms with Crippen LogP contribution < -0.4 is 9.47 Å². The molecule has 122 valence electrons. The number of nitrogens with zero attached hydrogens (tertiary/aromatic N) is 1. The first-order valence-electron chi connectivity index (χ1n) is 7.32. The van der Waals surface area contributed by atoms with E-state index in [9.17, 15) is 4.79 Å². The normalized spacial score (nSPS) is 10.2. The van der Waals surface area contributed by atoms with E-state index in [2.05, 4.69) is 6.58 Å². The minimum Gasteiger partial charge on any atom is -0.497 e. The van der Waals surface area contributed by atoms with Crippen molar-refractivity contribution in [3.8, 4) is 11.5 Å². The van der Waals surface area contributed by atoms with Crippen LogP contribution in [-0.2, 0) is 17.8 Å². The summed E-state index contributed by atoms with van der Waals surface area (Å²) < 4.78 is 15.9. The van der Waals surface area contributed by atoms with Crippen LogP contribution in [0.25, 0.3) is 0 Å². The zero-order valence-electron chi connectivity index (χ0n) is 13.5. The quantitative estimate of drug-likeness (QED) is 0.703. The lowest BCUT2D eigenvalue weighted by atomic mass is 10.1. The third-order valence-corrected chi connectivity index (χ3v) is 3.55. The van der Waals surface area contributed by atoms with Gasteiger partial charge in [-0.15, -0.1) is 0 Å². The maximum absolute atomic E-state index is 12.1. The molecule has 5 nitrogen and oxygen atoms in total. The number of furan rings is 1. The zero-order chi connectivity index (χ0) is 16.7. The summed E-state index contributed by atoms with van der Waals surface area (Å²) in [6, 6.07) is 9.28. The first kappa shape index (κ1) is 16.7. The summed E-state index contributed by atoms with van der Waals surface area (Å²) in [6.45, 7) is 4.54. The van der Waals surface area contributed by atoms with Crippen molar-refractivity contribution in [2.75, 3.05) is 20.8 Å². The molecule has 0 atom stereocenters. The zero-order valence-corrected chi connectivity index (χ0v) is 13.5. The fraction of sp³-hybridized carbons (Fsp3) is 0.278. The summed E-state index contributed by atoms with van der Waals surface area (Å²) >= 11 is 0. The van der Waals surface area contributed by atoms with Crippen molar-refractivity contribution >= 4 is 5.91 Å².